The van der Waals surface area contributed by atoms with E-state index in [4.69, 9.17) is 9.47 Å². The summed E-state index contributed by atoms with van der Waals surface area (Å²) in [6.45, 7) is 5.28. The number of hydrogen-bond acceptors (Lipinski definition) is 4. The fourth-order valence-electron chi connectivity index (χ4n) is 3.20. The Balaban J connectivity index is 1.66. The van der Waals surface area contributed by atoms with Gasteiger partial charge in [0.2, 0.25) is 5.91 Å². The van der Waals surface area contributed by atoms with Gasteiger partial charge < -0.3 is 19.4 Å². The molecule has 6 nitrogen and oxygen atoms in total. The van der Waals surface area contributed by atoms with E-state index in [0.29, 0.717) is 24.7 Å². The Morgan fingerprint density at radius 1 is 1.19 bits per heavy atom. The summed E-state index contributed by atoms with van der Waals surface area (Å²) in [4.78, 5) is 17.3. The van der Waals surface area contributed by atoms with Crippen LogP contribution in [0.5, 0.6) is 11.5 Å². The first-order valence-corrected chi connectivity index (χ1v) is 8.80. The first kappa shape index (κ1) is 16.4. The first-order chi connectivity index (χ1) is 12.7. The smallest absolute Gasteiger partial charge is 0.244 e. The number of rotatable bonds is 4. The number of anilines is 1. The first-order valence-electron chi connectivity index (χ1n) is 8.80. The molecule has 134 valence electrons. The van der Waals surface area contributed by atoms with Gasteiger partial charge in [-0.2, -0.15) is 0 Å². The lowest BCUT2D eigenvalue weighted by molar-refractivity contribution is -0.116. The number of aryl methyl sites for hydroxylation is 2. The second-order valence-electron chi connectivity index (χ2n) is 6.32. The molecule has 26 heavy (non-hydrogen) atoms. The molecule has 0 radical (unpaired) electrons. The molecule has 1 N–H and O–H groups in total. The zero-order valence-corrected chi connectivity index (χ0v) is 14.9. The number of carbonyl (C=O) groups is 1. The van der Waals surface area contributed by atoms with Gasteiger partial charge in [-0.05, 0) is 18.6 Å². The maximum Gasteiger partial charge on any atom is 0.244 e. The van der Waals surface area contributed by atoms with Crippen molar-refractivity contribution in [3.63, 3.8) is 0 Å². The molecule has 3 aromatic rings. The molecule has 0 fully saturated rings. The van der Waals surface area contributed by atoms with Crippen molar-refractivity contribution in [2.45, 2.75) is 26.8 Å². The Morgan fingerprint density at radius 2 is 1.92 bits per heavy atom. The molecular formula is C20H21N3O3. The molecule has 4 rings (SSSR count). The van der Waals surface area contributed by atoms with Gasteiger partial charge in [-0.15, -0.1) is 0 Å². The maximum absolute atomic E-state index is 12.6. The van der Waals surface area contributed by atoms with Crippen molar-refractivity contribution in [2.75, 3.05) is 18.5 Å². The fourth-order valence-corrected chi connectivity index (χ4v) is 3.20. The summed E-state index contributed by atoms with van der Waals surface area (Å²) >= 11 is 0. The van der Waals surface area contributed by atoms with E-state index in [-0.39, 0.29) is 12.5 Å². The van der Waals surface area contributed by atoms with Crippen molar-refractivity contribution in [1.29, 1.82) is 0 Å². The molecular weight excluding hydrogens is 330 g/mol. The molecule has 1 aliphatic rings. The molecule has 0 saturated carbocycles. The van der Waals surface area contributed by atoms with E-state index in [2.05, 4.69) is 10.3 Å². The number of fused-ring (bicyclic) bond motifs is 2. The van der Waals surface area contributed by atoms with Crippen molar-refractivity contribution in [3.8, 4) is 11.5 Å². The van der Waals surface area contributed by atoms with Gasteiger partial charge in [0.05, 0.1) is 11.0 Å². The van der Waals surface area contributed by atoms with Crippen molar-refractivity contribution in [1.82, 2.24) is 9.55 Å². The van der Waals surface area contributed by atoms with Gasteiger partial charge in [-0.1, -0.05) is 25.1 Å². The standard InChI is InChI=1S/C20H21N3O3/c1-3-19-21-15-10-17-18(26-9-8-25-17)11-16(15)23(19)12-20(24)22-14-7-5-4-6-13(14)2/h4-7,10-11H,3,8-9,12H2,1-2H3,(H,22,24). The SMILES string of the molecule is CCc1nc2cc3c(cc2n1CC(=O)Nc1ccccc1C)OCCO3. The Morgan fingerprint density at radius 3 is 2.65 bits per heavy atom. The molecule has 0 atom stereocenters. The molecule has 0 spiro atoms. The van der Waals surface area contributed by atoms with Crippen LogP contribution < -0.4 is 14.8 Å². The minimum absolute atomic E-state index is 0.0804. The van der Waals surface area contributed by atoms with Gasteiger partial charge in [-0.25, -0.2) is 4.98 Å². The van der Waals surface area contributed by atoms with E-state index in [9.17, 15) is 4.79 Å². The highest BCUT2D eigenvalue weighted by Crippen LogP contribution is 2.34. The van der Waals surface area contributed by atoms with Crippen LogP contribution in [0.3, 0.4) is 0 Å². The number of nitrogens with one attached hydrogen (secondary N) is 1. The van der Waals surface area contributed by atoms with Gasteiger partial charge in [0, 0.05) is 24.2 Å². The Labute approximate surface area is 151 Å². The van der Waals surface area contributed by atoms with E-state index in [1.54, 1.807) is 0 Å². The van der Waals surface area contributed by atoms with Crippen LogP contribution >= 0.6 is 0 Å². The molecule has 2 aromatic carbocycles. The molecule has 0 unspecified atom stereocenters. The number of hydrogen-bond donors (Lipinski definition) is 1. The van der Waals surface area contributed by atoms with Crippen molar-refractivity contribution in [2.24, 2.45) is 0 Å². The highest BCUT2D eigenvalue weighted by atomic mass is 16.6. The zero-order chi connectivity index (χ0) is 18.1. The average Bonchev–Trinajstić information content (AvgIpc) is 2.98. The van der Waals surface area contributed by atoms with Gasteiger partial charge in [0.25, 0.3) is 0 Å². The molecule has 6 heteroatoms. The van der Waals surface area contributed by atoms with Crippen LogP contribution in [0.25, 0.3) is 11.0 Å². The van der Waals surface area contributed by atoms with Gasteiger partial charge in [-0.3, -0.25) is 4.79 Å². The highest BCUT2D eigenvalue weighted by molar-refractivity contribution is 5.92. The predicted molar refractivity (Wildman–Crippen MR) is 99.9 cm³/mol. The lowest BCUT2D eigenvalue weighted by Crippen LogP contribution is -2.20. The molecule has 0 saturated heterocycles. The van der Waals surface area contributed by atoms with Crippen LogP contribution in [0.4, 0.5) is 5.69 Å². The molecule has 1 aromatic heterocycles. The fraction of sp³-hybridized carbons (Fsp3) is 0.300. The number of aromatic nitrogens is 2. The largest absolute Gasteiger partial charge is 0.486 e. The molecule has 0 bridgehead atoms. The lowest BCUT2D eigenvalue weighted by atomic mass is 10.2. The Kier molecular flexibility index (Phi) is 4.24. The quantitative estimate of drug-likeness (QED) is 0.783. The third kappa shape index (κ3) is 2.98. The zero-order valence-electron chi connectivity index (χ0n) is 14.9. The van der Waals surface area contributed by atoms with Gasteiger partial charge in [0.15, 0.2) is 11.5 Å². The van der Waals surface area contributed by atoms with E-state index in [1.165, 1.54) is 0 Å². The van der Waals surface area contributed by atoms with Gasteiger partial charge in [0.1, 0.15) is 25.6 Å². The molecule has 0 aliphatic carbocycles. The minimum atomic E-state index is -0.0804. The topological polar surface area (TPSA) is 65.4 Å². The van der Waals surface area contributed by atoms with Crippen molar-refractivity contribution in [3.05, 3.63) is 47.8 Å². The third-order valence-electron chi connectivity index (χ3n) is 4.53. The number of para-hydroxylation sites is 1. The van der Waals surface area contributed by atoms with Crippen LogP contribution in [0, 0.1) is 6.92 Å². The summed E-state index contributed by atoms with van der Waals surface area (Å²) in [5, 5.41) is 2.98. The normalized spacial score (nSPS) is 13.0. The number of nitrogens with zero attached hydrogens (tertiary/aromatic N) is 2. The summed E-state index contributed by atoms with van der Waals surface area (Å²) in [5.41, 5.74) is 3.56. The lowest BCUT2D eigenvalue weighted by Gasteiger charge is -2.18. The summed E-state index contributed by atoms with van der Waals surface area (Å²) in [5.74, 6) is 2.19. The van der Waals surface area contributed by atoms with Crippen molar-refractivity contribution >= 4 is 22.6 Å². The van der Waals surface area contributed by atoms with Crippen LogP contribution in [0.1, 0.15) is 18.3 Å². The number of amides is 1. The summed E-state index contributed by atoms with van der Waals surface area (Å²) in [6, 6.07) is 11.5. The molecule has 1 aliphatic heterocycles. The number of imidazole rings is 1. The second-order valence-corrected chi connectivity index (χ2v) is 6.32. The third-order valence-corrected chi connectivity index (χ3v) is 4.53. The maximum atomic E-state index is 12.6. The van der Waals surface area contributed by atoms with Crippen LogP contribution in [0.2, 0.25) is 0 Å². The monoisotopic (exact) mass is 351 g/mol. The number of ether oxygens (including phenoxy) is 2. The van der Waals surface area contributed by atoms with E-state index >= 15 is 0 Å². The minimum Gasteiger partial charge on any atom is -0.486 e. The number of carbonyl (C=O) groups excluding carboxylic acids is 1. The van der Waals surface area contributed by atoms with Crippen molar-refractivity contribution < 1.29 is 14.3 Å². The van der Waals surface area contributed by atoms with E-state index in [0.717, 1.165) is 34.5 Å². The van der Waals surface area contributed by atoms with E-state index in [1.807, 2.05) is 54.8 Å². The van der Waals surface area contributed by atoms with Gasteiger partial charge >= 0.3 is 0 Å². The predicted octanol–water partition coefficient (Wildman–Crippen LogP) is 3.32. The second kappa shape index (κ2) is 6.71. The average molecular weight is 351 g/mol. The Hall–Kier alpha value is -3.02. The van der Waals surface area contributed by atoms with E-state index < -0.39 is 0 Å². The highest BCUT2D eigenvalue weighted by Gasteiger charge is 2.19. The van der Waals surface area contributed by atoms with Crippen LogP contribution in [-0.4, -0.2) is 28.7 Å². The molecule has 2 heterocycles. The molecule has 1 amide bonds. The summed E-state index contributed by atoms with van der Waals surface area (Å²) in [6.07, 6.45) is 0.735. The Bertz CT molecular complexity index is 978. The summed E-state index contributed by atoms with van der Waals surface area (Å²) < 4.78 is 13.3. The number of benzene rings is 2. The van der Waals surface area contributed by atoms with Crippen LogP contribution in [-0.2, 0) is 17.8 Å². The summed E-state index contributed by atoms with van der Waals surface area (Å²) in [7, 11) is 0. The van der Waals surface area contributed by atoms with Crippen LogP contribution in [0.15, 0.2) is 36.4 Å².